The number of fused-ring (bicyclic) bond motifs is 1. The molecule has 0 aliphatic rings. The van der Waals surface area contributed by atoms with E-state index in [1.165, 1.54) is 0 Å². The summed E-state index contributed by atoms with van der Waals surface area (Å²) in [6.07, 6.45) is 1.54. The third-order valence-electron chi connectivity index (χ3n) is 4.08. The molecule has 1 aromatic heterocycles. The van der Waals surface area contributed by atoms with Gasteiger partial charge in [-0.2, -0.15) is 0 Å². The number of H-pyrrole nitrogens is 1. The molecule has 0 spiro atoms. The summed E-state index contributed by atoms with van der Waals surface area (Å²) in [6.45, 7) is 6.17. The summed E-state index contributed by atoms with van der Waals surface area (Å²) in [4.78, 5) is 28.1. The van der Waals surface area contributed by atoms with Gasteiger partial charge in [-0.1, -0.05) is 50.6 Å². The van der Waals surface area contributed by atoms with E-state index in [1.807, 2.05) is 18.2 Å². The molecule has 0 aliphatic carbocycles. The second-order valence-corrected chi connectivity index (χ2v) is 7.41. The van der Waals surface area contributed by atoms with Gasteiger partial charge in [0.25, 0.3) is 11.7 Å². The first-order valence-electron chi connectivity index (χ1n) is 7.99. The average molecular weight is 355 g/mol. The zero-order valence-electron chi connectivity index (χ0n) is 14.3. The molecule has 3 aromatic rings. The van der Waals surface area contributed by atoms with Crippen LogP contribution in [0.1, 0.15) is 36.7 Å². The smallest absolute Gasteiger partial charge is 0.296 e. The van der Waals surface area contributed by atoms with Crippen molar-refractivity contribution in [2.75, 3.05) is 5.32 Å². The Morgan fingerprint density at radius 1 is 1.08 bits per heavy atom. The minimum absolute atomic E-state index is 0.152. The van der Waals surface area contributed by atoms with Crippen LogP contribution in [-0.4, -0.2) is 16.7 Å². The molecule has 2 aromatic carbocycles. The minimum Gasteiger partial charge on any atom is -0.360 e. The van der Waals surface area contributed by atoms with Gasteiger partial charge in [-0.3, -0.25) is 9.59 Å². The lowest BCUT2D eigenvalue weighted by molar-refractivity contribution is -0.112. The summed E-state index contributed by atoms with van der Waals surface area (Å²) < 4.78 is 0. The number of halogens is 1. The number of nitrogens with one attached hydrogen (secondary N) is 2. The molecule has 0 saturated heterocycles. The molecule has 2 N–H and O–H groups in total. The highest BCUT2D eigenvalue weighted by Crippen LogP contribution is 2.29. The first-order valence-corrected chi connectivity index (χ1v) is 8.37. The Kier molecular flexibility index (Phi) is 4.39. The zero-order valence-corrected chi connectivity index (χ0v) is 15.1. The van der Waals surface area contributed by atoms with Gasteiger partial charge in [-0.25, -0.2) is 0 Å². The van der Waals surface area contributed by atoms with Crippen LogP contribution < -0.4 is 5.32 Å². The maximum Gasteiger partial charge on any atom is 0.296 e. The molecule has 0 saturated carbocycles. The van der Waals surface area contributed by atoms with Gasteiger partial charge in [0, 0.05) is 27.8 Å². The number of rotatable bonds is 3. The Bertz CT molecular complexity index is 967. The maximum atomic E-state index is 12.6. The summed E-state index contributed by atoms with van der Waals surface area (Å²) in [5.74, 6) is -1.27. The van der Waals surface area contributed by atoms with Crippen LogP contribution >= 0.6 is 11.6 Å². The highest BCUT2D eigenvalue weighted by molar-refractivity contribution is 6.48. The van der Waals surface area contributed by atoms with E-state index in [9.17, 15) is 9.59 Å². The zero-order chi connectivity index (χ0) is 18.2. The number of aromatic nitrogens is 1. The van der Waals surface area contributed by atoms with Gasteiger partial charge >= 0.3 is 0 Å². The molecule has 0 bridgehead atoms. The number of para-hydroxylation sites is 1. The molecule has 0 fully saturated rings. The predicted octanol–water partition coefficient (Wildman–Crippen LogP) is 4.94. The van der Waals surface area contributed by atoms with Crippen molar-refractivity contribution < 1.29 is 9.59 Å². The van der Waals surface area contributed by atoms with E-state index in [0.29, 0.717) is 21.7 Å². The van der Waals surface area contributed by atoms with Crippen molar-refractivity contribution in [3.63, 3.8) is 0 Å². The number of Topliss-reactive ketones (excluding diaryl/α,β-unsaturated/α-hetero) is 1. The van der Waals surface area contributed by atoms with Crippen LogP contribution in [0.5, 0.6) is 0 Å². The number of anilines is 1. The van der Waals surface area contributed by atoms with Gasteiger partial charge in [0.2, 0.25) is 0 Å². The topological polar surface area (TPSA) is 62.0 Å². The Morgan fingerprint density at radius 3 is 2.52 bits per heavy atom. The number of hydrogen-bond donors (Lipinski definition) is 2. The van der Waals surface area contributed by atoms with Crippen molar-refractivity contribution in [2.45, 2.75) is 26.2 Å². The predicted molar refractivity (Wildman–Crippen MR) is 101 cm³/mol. The second-order valence-electron chi connectivity index (χ2n) is 6.97. The Balaban J connectivity index is 1.92. The molecule has 3 rings (SSSR count). The van der Waals surface area contributed by atoms with Gasteiger partial charge in [0.1, 0.15) is 0 Å². The van der Waals surface area contributed by atoms with Gasteiger partial charge in [0.05, 0.1) is 5.56 Å². The van der Waals surface area contributed by atoms with Crippen LogP contribution in [0.3, 0.4) is 0 Å². The quantitative estimate of drug-likeness (QED) is 0.517. The van der Waals surface area contributed by atoms with Gasteiger partial charge < -0.3 is 10.3 Å². The largest absolute Gasteiger partial charge is 0.360 e. The van der Waals surface area contributed by atoms with E-state index < -0.39 is 11.7 Å². The molecular weight excluding hydrogens is 336 g/mol. The molecule has 0 radical (unpaired) electrons. The van der Waals surface area contributed by atoms with E-state index >= 15 is 0 Å². The lowest BCUT2D eigenvalue weighted by atomic mass is 9.86. The third-order valence-corrected chi connectivity index (χ3v) is 4.31. The SMILES string of the molecule is CC(C)(C)c1ccccc1NC(=O)C(=O)c1c[nH]c2ccc(Cl)cc12. The first-order chi connectivity index (χ1) is 11.8. The van der Waals surface area contributed by atoms with Gasteiger partial charge in [-0.15, -0.1) is 0 Å². The molecule has 128 valence electrons. The summed E-state index contributed by atoms with van der Waals surface area (Å²) in [5.41, 5.74) is 2.53. The van der Waals surface area contributed by atoms with E-state index in [-0.39, 0.29) is 5.41 Å². The van der Waals surface area contributed by atoms with Crippen LogP contribution in [0.2, 0.25) is 5.02 Å². The summed E-state index contributed by atoms with van der Waals surface area (Å²) in [7, 11) is 0. The number of amides is 1. The molecule has 4 nitrogen and oxygen atoms in total. The van der Waals surface area contributed by atoms with Crippen LogP contribution in [0, 0.1) is 0 Å². The van der Waals surface area contributed by atoms with Crippen LogP contribution in [-0.2, 0) is 10.2 Å². The minimum atomic E-state index is -0.669. The standard InChI is InChI=1S/C20H19ClN2O2/c1-20(2,3)15-6-4-5-7-17(15)23-19(25)18(24)14-11-22-16-9-8-12(21)10-13(14)16/h4-11,22H,1-3H3,(H,23,25). The molecule has 0 aliphatic heterocycles. The number of hydrogen-bond acceptors (Lipinski definition) is 2. The molecular formula is C20H19ClN2O2. The molecule has 0 atom stereocenters. The fourth-order valence-electron chi connectivity index (χ4n) is 2.83. The van der Waals surface area contributed by atoms with E-state index in [4.69, 9.17) is 11.6 Å². The first kappa shape index (κ1) is 17.2. The average Bonchev–Trinajstić information content (AvgIpc) is 2.96. The van der Waals surface area contributed by atoms with E-state index in [1.54, 1.807) is 30.5 Å². The number of aromatic amines is 1. The van der Waals surface area contributed by atoms with Gasteiger partial charge in [-0.05, 0) is 35.2 Å². The van der Waals surface area contributed by atoms with Crippen LogP contribution in [0.15, 0.2) is 48.7 Å². The highest BCUT2D eigenvalue weighted by Gasteiger charge is 2.23. The fraction of sp³-hybridized carbons (Fsp3) is 0.200. The molecule has 1 heterocycles. The number of benzene rings is 2. The maximum absolute atomic E-state index is 12.6. The number of carbonyl (C=O) groups excluding carboxylic acids is 2. The number of ketones is 1. The Morgan fingerprint density at radius 2 is 1.80 bits per heavy atom. The van der Waals surface area contributed by atoms with Crippen molar-refractivity contribution in [1.82, 2.24) is 4.98 Å². The lowest BCUT2D eigenvalue weighted by Gasteiger charge is -2.22. The highest BCUT2D eigenvalue weighted by atomic mass is 35.5. The number of carbonyl (C=O) groups is 2. The second kappa shape index (κ2) is 6.37. The summed E-state index contributed by atoms with van der Waals surface area (Å²) in [5, 5.41) is 3.90. The fourth-order valence-corrected chi connectivity index (χ4v) is 3.00. The summed E-state index contributed by atoms with van der Waals surface area (Å²) in [6, 6.07) is 12.7. The van der Waals surface area contributed by atoms with Gasteiger partial charge in [0.15, 0.2) is 0 Å². The third kappa shape index (κ3) is 3.44. The molecule has 0 unspecified atom stereocenters. The van der Waals surface area contributed by atoms with Crippen molar-refractivity contribution in [2.24, 2.45) is 0 Å². The van der Waals surface area contributed by atoms with Crippen molar-refractivity contribution in [1.29, 1.82) is 0 Å². The van der Waals surface area contributed by atoms with E-state index in [0.717, 1.165) is 11.1 Å². The Labute approximate surface area is 151 Å². The monoisotopic (exact) mass is 354 g/mol. The van der Waals surface area contributed by atoms with Crippen molar-refractivity contribution in [3.8, 4) is 0 Å². The van der Waals surface area contributed by atoms with Crippen LogP contribution in [0.25, 0.3) is 10.9 Å². The van der Waals surface area contributed by atoms with Crippen LogP contribution in [0.4, 0.5) is 5.69 Å². The Hall–Kier alpha value is -2.59. The molecule has 1 amide bonds. The summed E-state index contributed by atoms with van der Waals surface area (Å²) >= 11 is 6.01. The normalized spacial score (nSPS) is 11.5. The van der Waals surface area contributed by atoms with Crippen molar-refractivity contribution >= 4 is 39.9 Å². The molecule has 25 heavy (non-hydrogen) atoms. The lowest BCUT2D eigenvalue weighted by Crippen LogP contribution is -2.25. The van der Waals surface area contributed by atoms with E-state index in [2.05, 4.69) is 31.1 Å². The molecule has 5 heteroatoms. The van der Waals surface area contributed by atoms with Crippen molar-refractivity contribution in [3.05, 3.63) is 64.8 Å².